The normalized spacial score (nSPS) is 24.9. The largest absolute Gasteiger partial charge is 0.496 e. The van der Waals surface area contributed by atoms with Gasteiger partial charge in [-0.15, -0.1) is 11.8 Å². The number of thioether (sulfide) groups is 1. The number of nitrogens with zero attached hydrogens (tertiary/aromatic N) is 1. The van der Waals surface area contributed by atoms with Gasteiger partial charge in [-0.05, 0) is 43.7 Å². The van der Waals surface area contributed by atoms with Crippen molar-refractivity contribution in [3.63, 3.8) is 0 Å². The van der Waals surface area contributed by atoms with E-state index in [1.807, 2.05) is 25.3 Å². The summed E-state index contributed by atoms with van der Waals surface area (Å²) in [4.78, 5) is 40.2. The van der Waals surface area contributed by atoms with Gasteiger partial charge in [0, 0.05) is 17.5 Å². The van der Waals surface area contributed by atoms with Crippen LogP contribution < -0.4 is 15.4 Å². The summed E-state index contributed by atoms with van der Waals surface area (Å²) < 4.78 is 5.35. The molecule has 2 heterocycles. The number of piperidine rings is 1. The molecule has 0 aromatic heterocycles. The van der Waals surface area contributed by atoms with Gasteiger partial charge in [0.15, 0.2) is 0 Å². The van der Waals surface area contributed by atoms with Crippen molar-refractivity contribution in [2.45, 2.75) is 49.2 Å². The van der Waals surface area contributed by atoms with E-state index >= 15 is 0 Å². The molecule has 3 amide bonds. The lowest BCUT2D eigenvalue weighted by Gasteiger charge is -2.44. The maximum atomic E-state index is 12.7. The molecule has 1 aromatic carbocycles. The lowest BCUT2D eigenvalue weighted by atomic mass is 9.92. The Morgan fingerprint density at radius 1 is 1.41 bits per heavy atom. The van der Waals surface area contributed by atoms with Crippen LogP contribution in [0.2, 0.25) is 0 Å². The number of hydrogen-bond donors (Lipinski definition) is 2. The average molecular weight is 391 g/mol. The van der Waals surface area contributed by atoms with Crippen LogP contribution in [0.1, 0.15) is 36.5 Å². The third-order valence-corrected chi connectivity index (χ3v) is 5.92. The third kappa shape index (κ3) is 3.90. The van der Waals surface area contributed by atoms with Gasteiger partial charge in [0.05, 0.1) is 12.7 Å². The Morgan fingerprint density at radius 3 is 2.85 bits per heavy atom. The molecule has 0 saturated carbocycles. The second-order valence-corrected chi connectivity index (χ2v) is 7.66. The molecule has 0 bridgehead atoms. The van der Waals surface area contributed by atoms with Crippen molar-refractivity contribution < 1.29 is 19.1 Å². The monoisotopic (exact) mass is 391 g/mol. The highest BCUT2D eigenvalue weighted by Gasteiger charge is 2.43. The quantitative estimate of drug-likeness (QED) is 0.741. The first-order valence-electron chi connectivity index (χ1n) is 9.12. The maximum absolute atomic E-state index is 12.7. The molecular weight excluding hydrogens is 366 g/mol. The topological polar surface area (TPSA) is 87.7 Å². The number of hydrogen-bond acceptors (Lipinski definition) is 5. The van der Waals surface area contributed by atoms with Gasteiger partial charge < -0.3 is 20.3 Å². The second kappa shape index (κ2) is 8.21. The van der Waals surface area contributed by atoms with E-state index in [0.29, 0.717) is 37.1 Å². The molecule has 8 heteroatoms. The number of benzene rings is 1. The smallest absolute Gasteiger partial charge is 0.255 e. The molecule has 2 aliphatic rings. The summed E-state index contributed by atoms with van der Waals surface area (Å²) in [5.41, 5.74) is 0.466. The number of ether oxygens (including phenoxy) is 1. The minimum absolute atomic E-state index is 0.0267. The molecule has 2 saturated heterocycles. The minimum atomic E-state index is -0.514. The van der Waals surface area contributed by atoms with Gasteiger partial charge in [-0.3, -0.25) is 14.4 Å². The SMILES string of the molecule is CC[C@H]1NC(=O)[C@@H]2C[C@@H](NC(=O)c3ccc(SC)cc3OC)CCN2C1=O. The highest BCUT2D eigenvalue weighted by molar-refractivity contribution is 7.98. The molecule has 146 valence electrons. The van der Waals surface area contributed by atoms with E-state index < -0.39 is 12.1 Å². The van der Waals surface area contributed by atoms with Crippen LogP contribution >= 0.6 is 11.8 Å². The van der Waals surface area contributed by atoms with Gasteiger partial charge in [-0.25, -0.2) is 0 Å². The molecule has 2 aliphatic heterocycles. The molecule has 27 heavy (non-hydrogen) atoms. The Balaban J connectivity index is 1.69. The molecule has 2 N–H and O–H groups in total. The van der Waals surface area contributed by atoms with Crippen molar-refractivity contribution >= 4 is 29.5 Å². The molecule has 0 unspecified atom stereocenters. The highest BCUT2D eigenvalue weighted by Crippen LogP contribution is 2.27. The van der Waals surface area contributed by atoms with E-state index in [-0.39, 0.29) is 23.8 Å². The summed E-state index contributed by atoms with van der Waals surface area (Å²) >= 11 is 1.58. The van der Waals surface area contributed by atoms with Gasteiger partial charge >= 0.3 is 0 Å². The van der Waals surface area contributed by atoms with Crippen molar-refractivity contribution in [3.05, 3.63) is 23.8 Å². The zero-order valence-corrected chi connectivity index (χ0v) is 16.6. The van der Waals surface area contributed by atoms with E-state index in [9.17, 15) is 14.4 Å². The van der Waals surface area contributed by atoms with Crippen molar-refractivity contribution in [3.8, 4) is 5.75 Å². The molecule has 7 nitrogen and oxygen atoms in total. The Hall–Kier alpha value is -2.22. The van der Waals surface area contributed by atoms with Crippen molar-refractivity contribution in [1.82, 2.24) is 15.5 Å². The molecule has 2 fully saturated rings. The fraction of sp³-hybridized carbons (Fsp3) is 0.526. The number of nitrogens with one attached hydrogen (secondary N) is 2. The van der Waals surface area contributed by atoms with Crippen LogP contribution in [0.15, 0.2) is 23.1 Å². The van der Waals surface area contributed by atoms with E-state index in [0.717, 1.165) is 4.90 Å². The molecular formula is C19H25N3O4S. The van der Waals surface area contributed by atoms with Crippen molar-refractivity contribution in [2.24, 2.45) is 0 Å². The van der Waals surface area contributed by atoms with Crippen molar-refractivity contribution in [2.75, 3.05) is 19.9 Å². The molecule has 1 aromatic rings. The molecule has 0 radical (unpaired) electrons. The summed E-state index contributed by atoms with van der Waals surface area (Å²) in [6.45, 7) is 2.35. The van der Waals surface area contributed by atoms with Crippen LogP contribution in [-0.2, 0) is 9.59 Å². The van der Waals surface area contributed by atoms with Crippen LogP contribution in [-0.4, -0.2) is 60.7 Å². The number of amides is 3. The first-order valence-corrected chi connectivity index (χ1v) is 10.3. The summed E-state index contributed by atoms with van der Waals surface area (Å²) in [5.74, 6) is 0.128. The van der Waals surface area contributed by atoms with Gasteiger partial charge in [0.25, 0.3) is 5.91 Å². The average Bonchev–Trinajstić information content (AvgIpc) is 2.69. The fourth-order valence-electron chi connectivity index (χ4n) is 3.66. The maximum Gasteiger partial charge on any atom is 0.255 e. The van der Waals surface area contributed by atoms with Crippen LogP contribution in [0.5, 0.6) is 5.75 Å². The van der Waals surface area contributed by atoms with Gasteiger partial charge in [0.2, 0.25) is 11.8 Å². The first-order chi connectivity index (χ1) is 13.0. The van der Waals surface area contributed by atoms with E-state index in [1.165, 1.54) is 7.11 Å². The number of rotatable bonds is 5. The highest BCUT2D eigenvalue weighted by atomic mass is 32.2. The van der Waals surface area contributed by atoms with Crippen LogP contribution in [0.25, 0.3) is 0 Å². The summed E-state index contributed by atoms with van der Waals surface area (Å²) in [7, 11) is 1.54. The number of piperazine rings is 1. The van der Waals surface area contributed by atoms with Gasteiger partial charge in [0.1, 0.15) is 17.8 Å². The Kier molecular flexibility index (Phi) is 5.94. The van der Waals surface area contributed by atoms with E-state index in [2.05, 4.69) is 10.6 Å². The predicted octanol–water partition coefficient (Wildman–Crippen LogP) is 1.41. The predicted molar refractivity (Wildman–Crippen MR) is 103 cm³/mol. The van der Waals surface area contributed by atoms with E-state index in [4.69, 9.17) is 4.74 Å². The minimum Gasteiger partial charge on any atom is -0.496 e. The fourth-order valence-corrected chi connectivity index (χ4v) is 4.09. The van der Waals surface area contributed by atoms with Crippen LogP contribution in [0.3, 0.4) is 0 Å². The van der Waals surface area contributed by atoms with Crippen LogP contribution in [0, 0.1) is 0 Å². The first kappa shape index (κ1) is 19.5. The van der Waals surface area contributed by atoms with Crippen molar-refractivity contribution in [1.29, 1.82) is 0 Å². The Morgan fingerprint density at radius 2 is 2.19 bits per heavy atom. The second-order valence-electron chi connectivity index (χ2n) is 6.78. The number of fused-ring (bicyclic) bond motifs is 1. The summed E-state index contributed by atoms with van der Waals surface area (Å²) in [6, 6.07) is 4.35. The zero-order valence-electron chi connectivity index (χ0n) is 15.8. The summed E-state index contributed by atoms with van der Waals surface area (Å²) in [5, 5.41) is 5.78. The molecule has 0 aliphatic carbocycles. The molecule has 3 rings (SSSR count). The third-order valence-electron chi connectivity index (χ3n) is 5.20. The summed E-state index contributed by atoms with van der Waals surface area (Å²) in [6.07, 6.45) is 3.59. The zero-order chi connectivity index (χ0) is 19.6. The lowest BCUT2D eigenvalue weighted by Crippen LogP contribution is -2.66. The standard InChI is InChI=1S/C19H25N3O4S/c1-4-14-19(25)22-8-7-11(9-15(22)18(24)21-14)20-17(23)13-6-5-12(27-3)10-16(13)26-2/h5-6,10-11,14-15H,4,7-9H2,1-3H3,(H,20,23)(H,21,24)/t11-,14+,15-/m0/s1. The molecule has 0 spiro atoms. The molecule has 3 atom stereocenters. The Bertz CT molecular complexity index is 754. The number of methoxy groups -OCH3 is 1. The van der Waals surface area contributed by atoms with Crippen LogP contribution in [0.4, 0.5) is 0 Å². The van der Waals surface area contributed by atoms with E-state index in [1.54, 1.807) is 22.7 Å². The Labute approximate surface area is 163 Å². The number of carbonyl (C=O) groups excluding carboxylic acids is 3. The number of carbonyl (C=O) groups is 3. The van der Waals surface area contributed by atoms with Gasteiger partial charge in [-0.2, -0.15) is 0 Å². The van der Waals surface area contributed by atoms with Gasteiger partial charge in [-0.1, -0.05) is 6.92 Å². The lowest BCUT2D eigenvalue weighted by molar-refractivity contribution is -0.151.